The van der Waals surface area contributed by atoms with Crippen LogP contribution in [0.25, 0.3) is 0 Å². The maximum absolute atomic E-state index is 15.2. The van der Waals surface area contributed by atoms with E-state index in [2.05, 4.69) is 10.3 Å². The van der Waals surface area contributed by atoms with Crippen molar-refractivity contribution in [2.75, 3.05) is 19.0 Å². The van der Waals surface area contributed by atoms with Gasteiger partial charge in [-0.2, -0.15) is 0 Å². The quantitative estimate of drug-likeness (QED) is 0.379. The normalized spacial score (nSPS) is 21.7. The van der Waals surface area contributed by atoms with Gasteiger partial charge in [0.15, 0.2) is 0 Å². The van der Waals surface area contributed by atoms with Crippen LogP contribution in [0.15, 0.2) is 54.6 Å². The summed E-state index contributed by atoms with van der Waals surface area (Å²) in [5, 5.41) is 2.89. The first-order valence-electron chi connectivity index (χ1n) is 14.8. The second-order valence-electron chi connectivity index (χ2n) is 12.4. The van der Waals surface area contributed by atoms with Crippen molar-refractivity contribution in [3.8, 4) is 5.88 Å². The molecule has 1 aromatic heterocycles. The molecule has 3 aliphatic rings. The fourth-order valence-corrected chi connectivity index (χ4v) is 6.67. The molecule has 6 rings (SSSR count). The molecule has 9 heteroatoms. The van der Waals surface area contributed by atoms with Gasteiger partial charge in [-0.25, -0.2) is 9.37 Å². The van der Waals surface area contributed by atoms with Crippen LogP contribution in [0.3, 0.4) is 0 Å². The van der Waals surface area contributed by atoms with Crippen LogP contribution in [0.5, 0.6) is 5.88 Å². The van der Waals surface area contributed by atoms with E-state index in [1.165, 1.54) is 13.2 Å². The van der Waals surface area contributed by atoms with Gasteiger partial charge in [-0.05, 0) is 66.0 Å². The Labute approximate surface area is 250 Å². The number of hydrogen-bond donors (Lipinski definition) is 1. The number of aromatic nitrogens is 1. The Hall–Kier alpha value is -4.27. The van der Waals surface area contributed by atoms with E-state index in [-0.39, 0.29) is 42.2 Å². The molecule has 0 saturated heterocycles. The summed E-state index contributed by atoms with van der Waals surface area (Å²) in [5.41, 5.74) is 3.89. The van der Waals surface area contributed by atoms with Crippen molar-refractivity contribution in [2.45, 2.75) is 64.0 Å². The number of ether oxygens (including phenoxy) is 2. The molecule has 3 aromatic rings. The fraction of sp³-hybridized carbons (Fsp3) is 0.412. The van der Waals surface area contributed by atoms with E-state index in [9.17, 15) is 14.4 Å². The number of halogens is 1. The molecule has 2 amide bonds. The topological polar surface area (TPSA) is 97.8 Å². The van der Waals surface area contributed by atoms with Crippen molar-refractivity contribution >= 4 is 23.5 Å². The van der Waals surface area contributed by atoms with E-state index in [1.807, 2.05) is 50.2 Å². The average Bonchev–Trinajstić information content (AvgIpc) is 3.29. The number of hydrogen-bond acceptors (Lipinski definition) is 6. The van der Waals surface area contributed by atoms with Crippen molar-refractivity contribution in [1.82, 2.24) is 9.88 Å². The predicted molar refractivity (Wildman–Crippen MR) is 158 cm³/mol. The Morgan fingerprint density at radius 1 is 1.05 bits per heavy atom. The summed E-state index contributed by atoms with van der Waals surface area (Å²) in [6.45, 7) is 4.53. The van der Waals surface area contributed by atoms with Crippen LogP contribution >= 0.6 is 0 Å². The molecular formula is C34H36FN3O5. The Morgan fingerprint density at radius 3 is 2.56 bits per heavy atom. The summed E-state index contributed by atoms with van der Waals surface area (Å²) in [4.78, 5) is 46.4. The lowest BCUT2D eigenvalue weighted by Crippen LogP contribution is -2.50. The summed E-state index contributed by atoms with van der Waals surface area (Å²) < 4.78 is 26.0. The summed E-state index contributed by atoms with van der Waals surface area (Å²) in [6.07, 6.45) is 2.78. The molecule has 2 aliphatic carbocycles. The highest BCUT2D eigenvalue weighted by Gasteiger charge is 2.45. The van der Waals surface area contributed by atoms with Crippen LogP contribution in [-0.4, -0.2) is 41.3 Å². The van der Waals surface area contributed by atoms with Gasteiger partial charge in [-0.3, -0.25) is 14.4 Å². The van der Waals surface area contributed by atoms with Crippen LogP contribution in [0.2, 0.25) is 0 Å². The second kappa shape index (κ2) is 11.4. The molecule has 2 heterocycles. The number of rotatable bonds is 7. The summed E-state index contributed by atoms with van der Waals surface area (Å²) in [7, 11) is 1.53. The molecule has 0 spiro atoms. The highest BCUT2D eigenvalue weighted by Crippen LogP contribution is 2.42. The molecule has 1 aliphatic heterocycles. The Balaban J connectivity index is 1.19. The molecule has 1 saturated carbocycles. The Kier molecular flexibility index (Phi) is 7.66. The predicted octanol–water partition coefficient (Wildman–Crippen LogP) is 5.29. The van der Waals surface area contributed by atoms with Gasteiger partial charge < -0.3 is 19.7 Å². The van der Waals surface area contributed by atoms with Gasteiger partial charge >= 0.3 is 5.97 Å². The first-order valence-corrected chi connectivity index (χ1v) is 14.8. The number of nitrogens with one attached hydrogen (secondary N) is 1. The van der Waals surface area contributed by atoms with E-state index in [0.717, 1.165) is 24.0 Å². The third-order valence-electron chi connectivity index (χ3n) is 9.10. The zero-order valence-corrected chi connectivity index (χ0v) is 24.7. The van der Waals surface area contributed by atoms with Crippen molar-refractivity contribution in [1.29, 1.82) is 0 Å². The van der Waals surface area contributed by atoms with E-state index in [1.54, 1.807) is 17.0 Å². The van der Waals surface area contributed by atoms with Crippen molar-refractivity contribution in [3.05, 3.63) is 88.4 Å². The van der Waals surface area contributed by atoms with E-state index in [4.69, 9.17) is 9.47 Å². The fourth-order valence-electron chi connectivity index (χ4n) is 6.67. The van der Waals surface area contributed by atoms with Crippen LogP contribution in [0.4, 0.5) is 10.1 Å². The van der Waals surface area contributed by atoms with Gasteiger partial charge in [0, 0.05) is 36.2 Å². The number of esters is 1. The zero-order valence-electron chi connectivity index (χ0n) is 24.7. The van der Waals surface area contributed by atoms with Crippen LogP contribution in [0, 0.1) is 17.7 Å². The Morgan fingerprint density at radius 2 is 1.81 bits per heavy atom. The average molecular weight is 586 g/mol. The van der Waals surface area contributed by atoms with Crippen molar-refractivity contribution < 1.29 is 28.2 Å². The van der Waals surface area contributed by atoms with E-state index in [0.29, 0.717) is 47.7 Å². The number of carbonyl (C=O) groups excluding carboxylic acids is 3. The highest BCUT2D eigenvalue weighted by atomic mass is 19.1. The molecule has 8 nitrogen and oxygen atoms in total. The summed E-state index contributed by atoms with van der Waals surface area (Å²) in [6, 6.07) is 15.1. The van der Waals surface area contributed by atoms with Gasteiger partial charge in [0.2, 0.25) is 11.8 Å². The van der Waals surface area contributed by atoms with Crippen LogP contribution in [-0.2, 0) is 44.0 Å². The lowest BCUT2D eigenvalue weighted by molar-refractivity contribution is -0.159. The minimum Gasteiger partial charge on any atom is -0.481 e. The smallest absolute Gasteiger partial charge is 0.309 e. The number of methoxy groups -OCH3 is 1. The maximum Gasteiger partial charge on any atom is 0.309 e. The lowest BCUT2D eigenvalue weighted by Gasteiger charge is -2.41. The molecule has 2 aromatic carbocycles. The third kappa shape index (κ3) is 5.60. The number of fused-ring (bicyclic) bond motifs is 2. The monoisotopic (exact) mass is 585 g/mol. The molecule has 0 unspecified atom stereocenters. The molecule has 43 heavy (non-hydrogen) atoms. The number of benzene rings is 2. The minimum atomic E-state index is -0.952. The molecule has 0 radical (unpaired) electrons. The van der Waals surface area contributed by atoms with Gasteiger partial charge in [0.25, 0.3) is 5.91 Å². The Bertz CT molecular complexity index is 1570. The minimum absolute atomic E-state index is 0.185. The van der Waals surface area contributed by atoms with Gasteiger partial charge in [-0.15, -0.1) is 0 Å². The van der Waals surface area contributed by atoms with Gasteiger partial charge in [0.1, 0.15) is 18.5 Å². The third-order valence-corrected chi connectivity index (χ3v) is 9.10. The van der Waals surface area contributed by atoms with Crippen LogP contribution < -0.4 is 10.1 Å². The summed E-state index contributed by atoms with van der Waals surface area (Å²) in [5.74, 6) is -1.59. The van der Waals surface area contributed by atoms with E-state index >= 15 is 4.39 Å². The number of aryl methyl sites for hydroxylation is 1. The van der Waals surface area contributed by atoms with Gasteiger partial charge in [-0.1, -0.05) is 44.2 Å². The first kappa shape index (κ1) is 28.8. The second-order valence-corrected chi connectivity index (χ2v) is 12.4. The molecule has 1 atom stereocenters. The number of amides is 2. The molecule has 0 bridgehead atoms. The molecule has 1 fully saturated rings. The standard InChI is InChI=1S/C34H36FN3O5/c1-34(2)13-11-21-17-24(18-26(35)29(21)34)36-31(39)30-25-9-10-28(42-3)37-27(25)12-14-38(30)32(40)22-15-23(16-22)33(41)43-19-20-7-5-4-6-8-20/h4-10,17-18,22-23,30H,11-16,19H2,1-3H3,(H,36,39)/t22?,23?,30-/m1/s1. The van der Waals surface area contributed by atoms with Crippen molar-refractivity contribution in [2.24, 2.45) is 11.8 Å². The number of nitrogens with zero attached hydrogens (tertiary/aromatic N) is 2. The number of pyridine rings is 1. The maximum atomic E-state index is 15.2. The number of anilines is 1. The van der Waals surface area contributed by atoms with Crippen LogP contribution in [0.1, 0.15) is 67.1 Å². The first-order chi connectivity index (χ1) is 20.6. The largest absolute Gasteiger partial charge is 0.481 e. The number of carbonyl (C=O) groups is 3. The highest BCUT2D eigenvalue weighted by molar-refractivity contribution is 5.99. The van der Waals surface area contributed by atoms with E-state index < -0.39 is 17.9 Å². The molecule has 224 valence electrons. The molecular weight excluding hydrogens is 549 g/mol. The van der Waals surface area contributed by atoms with Gasteiger partial charge in [0.05, 0.1) is 18.7 Å². The zero-order chi connectivity index (χ0) is 30.3. The summed E-state index contributed by atoms with van der Waals surface area (Å²) >= 11 is 0. The molecule has 1 N–H and O–H groups in total. The van der Waals surface area contributed by atoms with Crippen molar-refractivity contribution in [3.63, 3.8) is 0 Å². The SMILES string of the molecule is COc1ccc2c(n1)CCN(C(=O)C1CC(C(=O)OCc3ccccc3)C1)[C@H]2C(=O)Nc1cc(F)c2c(c1)CCC2(C)C. The lowest BCUT2D eigenvalue weighted by atomic mass is 9.73.